The Morgan fingerprint density at radius 2 is 1.50 bits per heavy atom. The van der Waals surface area contributed by atoms with E-state index in [1.807, 2.05) is 12.1 Å². The molecule has 2 N–H and O–H groups in total. The van der Waals surface area contributed by atoms with Crippen LogP contribution in [0.1, 0.15) is 30.0 Å². The maximum atomic E-state index is 5.84. The Morgan fingerprint density at radius 1 is 0.893 bits per heavy atom. The summed E-state index contributed by atoms with van der Waals surface area (Å²) in [7, 11) is 0. The number of hydrogen-bond acceptors (Lipinski definition) is 2. The number of allylic oxidation sites excluding steroid dienone is 1. The van der Waals surface area contributed by atoms with Crippen LogP contribution in [0, 0.1) is 0 Å². The zero-order valence-corrected chi connectivity index (χ0v) is 18.8. The molecule has 3 heteroatoms. The first-order valence-electron chi connectivity index (χ1n) is 9.68. The zero-order chi connectivity index (χ0) is 19.9. The molecule has 0 heterocycles. The summed E-state index contributed by atoms with van der Waals surface area (Å²) in [6, 6.07) is 27.7. The number of para-hydroxylation sites is 1. The van der Waals surface area contributed by atoms with Crippen LogP contribution in [-0.4, -0.2) is 37.0 Å². The molecule has 138 valence electrons. The molecule has 2 nitrogen and oxygen atoms in total. The van der Waals surface area contributed by atoms with E-state index < -0.39 is 0 Å². The monoisotopic (exact) mass is 394 g/mol. The fourth-order valence-electron chi connectivity index (χ4n) is 3.19. The van der Waals surface area contributed by atoms with Gasteiger partial charge in [0.1, 0.15) is 0 Å². The average molecular weight is 395 g/mol. The quantitative estimate of drug-likeness (QED) is 0.418. The van der Waals surface area contributed by atoms with Crippen molar-refractivity contribution in [1.82, 2.24) is 0 Å². The van der Waals surface area contributed by atoms with Gasteiger partial charge in [0.05, 0.1) is 0 Å². The molecule has 28 heavy (non-hydrogen) atoms. The Kier molecular flexibility index (Phi) is 7.50. The summed E-state index contributed by atoms with van der Waals surface area (Å²) < 4.78 is 1.43. The summed E-state index contributed by atoms with van der Waals surface area (Å²) >= 11 is 1.12. The van der Waals surface area contributed by atoms with Crippen LogP contribution in [0.4, 0.5) is 11.4 Å². The molecule has 0 bridgehead atoms. The van der Waals surface area contributed by atoms with Crippen LogP contribution in [0.3, 0.4) is 0 Å². The Bertz CT molecular complexity index is 929. The van der Waals surface area contributed by atoms with Gasteiger partial charge < -0.3 is 0 Å². The summed E-state index contributed by atoms with van der Waals surface area (Å²) in [6.07, 6.45) is 1.93. The van der Waals surface area contributed by atoms with Gasteiger partial charge in [-0.15, -0.1) is 0 Å². The van der Waals surface area contributed by atoms with Crippen LogP contribution in [0.5, 0.6) is 0 Å². The van der Waals surface area contributed by atoms with Crippen LogP contribution < -0.4 is 10.6 Å². The van der Waals surface area contributed by atoms with Gasteiger partial charge in [-0.3, -0.25) is 0 Å². The number of nitrogen functional groups attached to an aromatic ring is 1. The van der Waals surface area contributed by atoms with Gasteiger partial charge >= 0.3 is 193 Å². The number of nitrogens with zero attached hydrogens (tertiary/aromatic N) is 1. The summed E-state index contributed by atoms with van der Waals surface area (Å²) in [5.41, 5.74) is 12.9. The van der Waals surface area contributed by atoms with Crippen molar-refractivity contribution in [3.63, 3.8) is 0 Å². The van der Waals surface area contributed by atoms with Crippen molar-refractivity contribution in [3.8, 4) is 0 Å². The van der Waals surface area contributed by atoms with E-state index in [2.05, 4.69) is 85.1 Å². The molecular formula is C25H26CaN2. The molecule has 3 aromatic rings. The molecule has 0 spiro atoms. The Balaban J connectivity index is 1.82. The minimum absolute atomic E-state index is 0.811. The third kappa shape index (κ3) is 5.57. The summed E-state index contributed by atoms with van der Waals surface area (Å²) in [6.45, 7) is 7.16. The van der Waals surface area contributed by atoms with E-state index in [1.165, 1.54) is 29.7 Å². The van der Waals surface area contributed by atoms with E-state index in [4.69, 9.17) is 5.73 Å². The van der Waals surface area contributed by atoms with E-state index in [-0.39, 0.29) is 0 Å². The van der Waals surface area contributed by atoms with Gasteiger partial charge in [-0.25, -0.2) is 0 Å². The van der Waals surface area contributed by atoms with Crippen molar-refractivity contribution in [2.75, 3.05) is 10.6 Å². The Hall–Kier alpha value is -1.87. The number of nitrogens with two attached hydrogens (primary N) is 1. The number of rotatable bonds is 8. The summed E-state index contributed by atoms with van der Waals surface area (Å²) in [4.78, 5) is 2.44. The fraction of sp³-hybridized carbons (Fsp3) is 0.160. The van der Waals surface area contributed by atoms with E-state index in [0.717, 1.165) is 60.3 Å². The SMILES string of the molecule is C=C(CC)c1ccc(CN([C](=[Ca])Cc2ccc(N)cc2)c2ccccc2)cc1. The van der Waals surface area contributed by atoms with Crippen molar-refractivity contribution < 1.29 is 0 Å². The third-order valence-corrected chi connectivity index (χ3v) is 5.95. The second-order valence-corrected chi connectivity index (χ2v) is 8.33. The topological polar surface area (TPSA) is 29.3 Å². The second-order valence-electron chi connectivity index (χ2n) is 7.06. The fourth-order valence-corrected chi connectivity index (χ4v) is 4.10. The number of benzene rings is 3. The predicted octanol–water partition coefficient (Wildman–Crippen LogP) is 5.24. The second kappa shape index (κ2) is 10.1. The number of hydrogen-bond donors (Lipinski definition) is 1. The molecule has 0 saturated carbocycles. The first-order valence-corrected chi connectivity index (χ1v) is 10.8. The van der Waals surface area contributed by atoms with Crippen molar-refractivity contribution in [2.24, 2.45) is 0 Å². The molecule has 0 atom stereocenters. The van der Waals surface area contributed by atoms with Crippen molar-refractivity contribution in [3.05, 3.63) is 102 Å². The van der Waals surface area contributed by atoms with Crippen LogP contribution >= 0.6 is 0 Å². The van der Waals surface area contributed by atoms with Gasteiger partial charge in [0.2, 0.25) is 0 Å². The molecule has 0 saturated heterocycles. The molecule has 0 unspecified atom stereocenters. The van der Waals surface area contributed by atoms with Crippen LogP contribution in [-0.2, 0) is 13.0 Å². The summed E-state index contributed by atoms with van der Waals surface area (Å²) in [5, 5.41) is 0. The number of anilines is 2. The van der Waals surface area contributed by atoms with Gasteiger partial charge in [-0.2, -0.15) is 0 Å². The standard InChI is InChI=1S/C25H26N2.Ca/c1-3-20(2)23-13-9-22(10-14-23)19-27(25-7-5-4-6-8-25)18-17-21-11-15-24(26)16-12-21;/h4-16H,2-3,17,19,26H2,1H3;. The molecule has 0 aromatic heterocycles. The van der Waals surface area contributed by atoms with Gasteiger partial charge in [0.25, 0.3) is 0 Å². The molecule has 3 aromatic carbocycles. The molecular weight excluding hydrogens is 368 g/mol. The molecule has 0 aliphatic carbocycles. The normalized spacial score (nSPS) is 10.5. The molecule has 0 radical (unpaired) electrons. The summed E-state index contributed by atoms with van der Waals surface area (Å²) in [5.74, 6) is 0. The minimum atomic E-state index is 0.811. The van der Waals surface area contributed by atoms with E-state index in [1.54, 1.807) is 0 Å². The van der Waals surface area contributed by atoms with Crippen molar-refractivity contribution in [1.29, 1.82) is 0 Å². The van der Waals surface area contributed by atoms with Crippen LogP contribution in [0.2, 0.25) is 0 Å². The zero-order valence-electron chi connectivity index (χ0n) is 16.6. The first kappa shape index (κ1) is 20.9. The third-order valence-electron chi connectivity index (χ3n) is 4.97. The Morgan fingerprint density at radius 3 is 2.11 bits per heavy atom. The molecule has 3 rings (SSSR count). The molecule has 0 amide bonds. The van der Waals surface area contributed by atoms with Gasteiger partial charge in [-0.1, -0.05) is 0 Å². The van der Waals surface area contributed by atoms with Crippen LogP contribution in [0.15, 0.2) is 85.4 Å². The van der Waals surface area contributed by atoms with Crippen molar-refractivity contribution in [2.45, 2.75) is 26.3 Å². The molecule has 0 aliphatic rings. The first-order chi connectivity index (χ1) is 13.6. The molecule has 0 aliphatic heterocycles. The van der Waals surface area contributed by atoms with Crippen LogP contribution in [0.25, 0.3) is 5.57 Å². The molecule has 0 fully saturated rings. The predicted molar refractivity (Wildman–Crippen MR) is 124 cm³/mol. The Labute approximate surface area is 191 Å². The van der Waals surface area contributed by atoms with E-state index in [0.29, 0.717) is 0 Å². The van der Waals surface area contributed by atoms with Crippen molar-refractivity contribution >= 4 is 53.9 Å². The average Bonchev–Trinajstić information content (AvgIpc) is 2.74. The van der Waals surface area contributed by atoms with Gasteiger partial charge in [0, 0.05) is 0 Å². The van der Waals surface area contributed by atoms with Gasteiger partial charge in [-0.05, 0) is 0 Å². The van der Waals surface area contributed by atoms with Gasteiger partial charge in [0.15, 0.2) is 0 Å². The maximum absolute atomic E-state index is 5.84. The van der Waals surface area contributed by atoms with E-state index >= 15 is 0 Å². The van der Waals surface area contributed by atoms with E-state index in [9.17, 15) is 0 Å².